The lowest BCUT2D eigenvalue weighted by molar-refractivity contribution is -0.137. The Balaban J connectivity index is 2.12. The van der Waals surface area contributed by atoms with Crippen LogP contribution in [0, 0.1) is 0 Å². The predicted octanol–water partition coefficient (Wildman–Crippen LogP) is 1.34. The van der Waals surface area contributed by atoms with E-state index in [9.17, 15) is 4.79 Å². The lowest BCUT2D eigenvalue weighted by atomic mass is 10.2. The minimum Gasteiger partial charge on any atom is -0.481 e. The van der Waals surface area contributed by atoms with Gasteiger partial charge >= 0.3 is 5.97 Å². The number of nitrogen functional groups attached to an aromatic ring is 1. The summed E-state index contributed by atoms with van der Waals surface area (Å²) in [5.41, 5.74) is 6.97. The molecule has 0 unspecified atom stereocenters. The van der Waals surface area contributed by atoms with Gasteiger partial charge in [-0.15, -0.1) is 10.2 Å². The van der Waals surface area contributed by atoms with Crippen LogP contribution in [0.1, 0.15) is 12.3 Å². The zero-order chi connectivity index (χ0) is 12.3. The normalized spacial score (nSPS) is 10.4. The van der Waals surface area contributed by atoms with E-state index in [0.29, 0.717) is 17.5 Å². The molecule has 0 saturated heterocycles. The first-order valence-corrected chi connectivity index (χ1v) is 5.05. The fraction of sp³-hybridized carbons (Fsp3) is 0.182. The Kier molecular flexibility index (Phi) is 3.04. The number of carbonyl (C=O) groups is 1. The second-order valence-corrected chi connectivity index (χ2v) is 3.52. The van der Waals surface area contributed by atoms with Crippen LogP contribution in [0.25, 0.3) is 11.5 Å². The number of hydrogen-bond acceptors (Lipinski definition) is 5. The summed E-state index contributed by atoms with van der Waals surface area (Å²) in [4.78, 5) is 10.4. The highest BCUT2D eigenvalue weighted by Gasteiger charge is 2.09. The van der Waals surface area contributed by atoms with Gasteiger partial charge < -0.3 is 15.3 Å². The van der Waals surface area contributed by atoms with E-state index in [1.807, 2.05) is 0 Å². The molecule has 6 nitrogen and oxygen atoms in total. The molecule has 0 fully saturated rings. The molecule has 0 amide bonds. The van der Waals surface area contributed by atoms with E-state index in [-0.39, 0.29) is 12.8 Å². The first-order chi connectivity index (χ1) is 8.15. The lowest BCUT2D eigenvalue weighted by Gasteiger charge is -1.95. The van der Waals surface area contributed by atoms with Gasteiger partial charge in [-0.1, -0.05) is 0 Å². The topological polar surface area (TPSA) is 102 Å². The molecule has 0 saturated carbocycles. The van der Waals surface area contributed by atoms with E-state index < -0.39 is 5.97 Å². The van der Waals surface area contributed by atoms with Crippen molar-refractivity contribution in [1.82, 2.24) is 10.2 Å². The summed E-state index contributed by atoms with van der Waals surface area (Å²) < 4.78 is 5.33. The first-order valence-electron chi connectivity index (χ1n) is 5.05. The van der Waals surface area contributed by atoms with Gasteiger partial charge in [0.15, 0.2) is 0 Å². The summed E-state index contributed by atoms with van der Waals surface area (Å²) in [5, 5.41) is 16.1. The Labute approximate surface area is 97.1 Å². The number of carboxylic acid groups (broad SMARTS) is 1. The number of aryl methyl sites for hydroxylation is 1. The van der Waals surface area contributed by atoms with Crippen molar-refractivity contribution >= 4 is 11.7 Å². The van der Waals surface area contributed by atoms with Crippen LogP contribution in [-0.2, 0) is 11.2 Å². The second-order valence-electron chi connectivity index (χ2n) is 3.52. The highest BCUT2D eigenvalue weighted by atomic mass is 16.4. The van der Waals surface area contributed by atoms with Gasteiger partial charge in [0.05, 0.1) is 6.42 Å². The number of nitrogens with two attached hydrogens (primary N) is 1. The number of carboxylic acids is 1. The van der Waals surface area contributed by atoms with Crippen molar-refractivity contribution in [2.24, 2.45) is 0 Å². The van der Waals surface area contributed by atoms with Crippen molar-refractivity contribution in [3.63, 3.8) is 0 Å². The molecule has 0 atom stereocenters. The van der Waals surface area contributed by atoms with Gasteiger partial charge in [-0.3, -0.25) is 4.79 Å². The maximum atomic E-state index is 10.4. The third-order valence-corrected chi connectivity index (χ3v) is 2.18. The fourth-order valence-electron chi connectivity index (χ4n) is 1.31. The van der Waals surface area contributed by atoms with Crippen LogP contribution in [0.15, 0.2) is 28.7 Å². The van der Waals surface area contributed by atoms with E-state index >= 15 is 0 Å². The summed E-state index contributed by atoms with van der Waals surface area (Å²) >= 11 is 0. The molecule has 1 heterocycles. The standard InChI is InChI=1S/C11H11N3O3/c12-8-3-1-7(2-4-8)11-14-13-9(17-11)5-6-10(15)16/h1-4H,5-6,12H2,(H,15,16). The molecule has 0 spiro atoms. The minimum absolute atomic E-state index is 0.0244. The third kappa shape index (κ3) is 2.81. The van der Waals surface area contributed by atoms with Crippen LogP contribution < -0.4 is 5.73 Å². The van der Waals surface area contributed by atoms with Crippen LogP contribution in [0.5, 0.6) is 0 Å². The van der Waals surface area contributed by atoms with Crippen molar-refractivity contribution in [2.45, 2.75) is 12.8 Å². The molecular weight excluding hydrogens is 222 g/mol. The van der Waals surface area contributed by atoms with Gasteiger partial charge in [0.2, 0.25) is 11.8 Å². The number of aromatic nitrogens is 2. The molecule has 1 aromatic carbocycles. The largest absolute Gasteiger partial charge is 0.481 e. The van der Waals surface area contributed by atoms with E-state index in [1.165, 1.54) is 0 Å². The van der Waals surface area contributed by atoms with Gasteiger partial charge in [0, 0.05) is 17.7 Å². The highest BCUT2D eigenvalue weighted by Crippen LogP contribution is 2.19. The summed E-state index contributed by atoms with van der Waals surface area (Å²) in [6.07, 6.45) is 0.209. The zero-order valence-electron chi connectivity index (χ0n) is 8.96. The Morgan fingerprint density at radius 2 is 2.00 bits per heavy atom. The van der Waals surface area contributed by atoms with Gasteiger partial charge in [0.25, 0.3) is 0 Å². The lowest BCUT2D eigenvalue weighted by Crippen LogP contribution is -1.97. The van der Waals surface area contributed by atoms with Crippen LogP contribution >= 0.6 is 0 Å². The van der Waals surface area contributed by atoms with Crippen molar-refractivity contribution in [2.75, 3.05) is 5.73 Å². The van der Waals surface area contributed by atoms with Gasteiger partial charge in [-0.25, -0.2) is 0 Å². The molecule has 0 aliphatic carbocycles. The van der Waals surface area contributed by atoms with Crippen LogP contribution in [0.3, 0.4) is 0 Å². The molecule has 88 valence electrons. The van der Waals surface area contributed by atoms with Gasteiger partial charge in [-0.2, -0.15) is 0 Å². The fourth-order valence-corrected chi connectivity index (χ4v) is 1.31. The predicted molar refractivity (Wildman–Crippen MR) is 60.1 cm³/mol. The number of anilines is 1. The van der Waals surface area contributed by atoms with Crippen molar-refractivity contribution in [3.05, 3.63) is 30.2 Å². The number of rotatable bonds is 4. The Morgan fingerprint density at radius 1 is 1.29 bits per heavy atom. The molecule has 3 N–H and O–H groups in total. The summed E-state index contributed by atoms with van der Waals surface area (Å²) in [7, 11) is 0. The summed E-state index contributed by atoms with van der Waals surface area (Å²) in [6.45, 7) is 0. The number of nitrogens with zero attached hydrogens (tertiary/aromatic N) is 2. The molecule has 0 radical (unpaired) electrons. The maximum Gasteiger partial charge on any atom is 0.303 e. The molecule has 0 aliphatic heterocycles. The molecule has 6 heteroatoms. The van der Waals surface area contributed by atoms with E-state index in [0.717, 1.165) is 5.56 Å². The Hall–Kier alpha value is -2.37. The summed E-state index contributed by atoms with van der Waals surface area (Å²) in [5.74, 6) is -0.207. The monoisotopic (exact) mass is 233 g/mol. The molecular formula is C11H11N3O3. The van der Waals surface area contributed by atoms with Crippen LogP contribution in [0.2, 0.25) is 0 Å². The Bertz CT molecular complexity index is 519. The van der Waals surface area contributed by atoms with Crippen molar-refractivity contribution in [3.8, 4) is 11.5 Å². The SMILES string of the molecule is Nc1ccc(-c2nnc(CCC(=O)O)o2)cc1. The summed E-state index contributed by atoms with van der Waals surface area (Å²) in [6, 6.07) is 7.00. The Morgan fingerprint density at radius 3 is 2.65 bits per heavy atom. The van der Waals surface area contributed by atoms with Crippen molar-refractivity contribution in [1.29, 1.82) is 0 Å². The third-order valence-electron chi connectivity index (χ3n) is 2.18. The molecule has 1 aromatic heterocycles. The molecule has 0 bridgehead atoms. The molecule has 2 aromatic rings. The van der Waals surface area contributed by atoms with Gasteiger partial charge in [0.1, 0.15) is 0 Å². The second kappa shape index (κ2) is 4.65. The molecule has 0 aliphatic rings. The minimum atomic E-state index is -0.891. The van der Waals surface area contributed by atoms with Crippen molar-refractivity contribution < 1.29 is 14.3 Å². The highest BCUT2D eigenvalue weighted by molar-refractivity contribution is 5.66. The van der Waals surface area contributed by atoms with Crippen LogP contribution in [0.4, 0.5) is 5.69 Å². The van der Waals surface area contributed by atoms with Crippen LogP contribution in [-0.4, -0.2) is 21.3 Å². The smallest absolute Gasteiger partial charge is 0.303 e. The average Bonchev–Trinajstić information content (AvgIpc) is 2.76. The number of benzene rings is 1. The average molecular weight is 233 g/mol. The first kappa shape index (κ1) is 11.1. The number of hydrogen-bond donors (Lipinski definition) is 2. The molecule has 17 heavy (non-hydrogen) atoms. The number of aliphatic carboxylic acids is 1. The zero-order valence-corrected chi connectivity index (χ0v) is 8.96. The molecule has 2 rings (SSSR count). The van der Waals surface area contributed by atoms with E-state index in [1.54, 1.807) is 24.3 Å². The maximum absolute atomic E-state index is 10.4. The van der Waals surface area contributed by atoms with E-state index in [2.05, 4.69) is 10.2 Å². The van der Waals surface area contributed by atoms with Gasteiger partial charge in [-0.05, 0) is 24.3 Å². The van der Waals surface area contributed by atoms with E-state index in [4.69, 9.17) is 15.3 Å². The quantitative estimate of drug-likeness (QED) is 0.772.